The van der Waals surface area contributed by atoms with Gasteiger partial charge >= 0.3 is 0 Å². The molecule has 1 aliphatic carbocycles. The molecule has 1 saturated carbocycles. The minimum atomic E-state index is -0.166. The second-order valence-electron chi connectivity index (χ2n) is 6.32. The van der Waals surface area contributed by atoms with E-state index in [0.29, 0.717) is 24.0 Å². The number of nitrogens with one attached hydrogen (secondary N) is 1. The summed E-state index contributed by atoms with van der Waals surface area (Å²) in [5, 5.41) is 2.90. The van der Waals surface area contributed by atoms with Crippen LogP contribution in [-0.4, -0.2) is 24.0 Å². The summed E-state index contributed by atoms with van der Waals surface area (Å²) in [5.74, 6) is 2.20. The highest BCUT2D eigenvalue weighted by Gasteiger charge is 2.24. The van der Waals surface area contributed by atoms with Gasteiger partial charge in [-0.05, 0) is 42.4 Å². The van der Waals surface area contributed by atoms with Crippen LogP contribution in [0.3, 0.4) is 0 Å². The molecule has 1 aromatic heterocycles. The first-order valence-corrected chi connectivity index (χ1v) is 8.25. The Kier molecular flexibility index (Phi) is 3.77. The highest BCUT2D eigenvalue weighted by Crippen LogP contribution is 2.32. The lowest BCUT2D eigenvalue weighted by molar-refractivity contribution is 0.0949. The van der Waals surface area contributed by atoms with E-state index >= 15 is 0 Å². The zero-order valence-electron chi connectivity index (χ0n) is 13.0. The van der Waals surface area contributed by atoms with Crippen LogP contribution >= 0.6 is 0 Å². The van der Waals surface area contributed by atoms with E-state index < -0.39 is 0 Å². The lowest BCUT2D eigenvalue weighted by Gasteiger charge is -2.05. The number of ether oxygens (including phenoxy) is 1. The molecular weight excluding hydrogens is 292 g/mol. The number of rotatable bonds is 6. The number of carbonyl (C=O) groups excluding carboxylic acids is 1. The molecule has 0 unspecified atom stereocenters. The van der Waals surface area contributed by atoms with Crippen LogP contribution in [0.15, 0.2) is 28.9 Å². The molecule has 1 fully saturated rings. The average Bonchev–Trinajstić information content (AvgIpc) is 3.05. The topological polar surface area (TPSA) is 64.4 Å². The SMILES string of the molecule is O=C(NCCc1ccc2c(c1)CCO2)c1coc(CC2CC2)n1. The van der Waals surface area contributed by atoms with E-state index in [1.807, 2.05) is 6.07 Å². The van der Waals surface area contributed by atoms with Crippen LogP contribution < -0.4 is 10.1 Å². The number of carbonyl (C=O) groups is 1. The Balaban J connectivity index is 1.28. The van der Waals surface area contributed by atoms with Crippen molar-refractivity contribution in [1.82, 2.24) is 10.3 Å². The van der Waals surface area contributed by atoms with Gasteiger partial charge in [-0.1, -0.05) is 12.1 Å². The number of amides is 1. The molecule has 5 nitrogen and oxygen atoms in total. The number of aromatic nitrogens is 1. The van der Waals surface area contributed by atoms with E-state index in [2.05, 4.69) is 22.4 Å². The highest BCUT2D eigenvalue weighted by molar-refractivity contribution is 5.91. The average molecular weight is 312 g/mol. The van der Waals surface area contributed by atoms with Gasteiger partial charge in [0.05, 0.1) is 6.61 Å². The smallest absolute Gasteiger partial charge is 0.273 e. The minimum Gasteiger partial charge on any atom is -0.493 e. The lowest BCUT2D eigenvalue weighted by Crippen LogP contribution is -2.26. The van der Waals surface area contributed by atoms with Crippen molar-refractivity contribution < 1.29 is 13.9 Å². The summed E-state index contributed by atoms with van der Waals surface area (Å²) in [4.78, 5) is 16.4. The van der Waals surface area contributed by atoms with Crippen molar-refractivity contribution >= 4 is 5.91 Å². The zero-order chi connectivity index (χ0) is 15.6. The van der Waals surface area contributed by atoms with Gasteiger partial charge < -0.3 is 14.5 Å². The fraction of sp³-hybridized carbons (Fsp3) is 0.444. The van der Waals surface area contributed by atoms with Gasteiger partial charge in [0.2, 0.25) is 0 Å². The maximum atomic E-state index is 12.1. The second kappa shape index (κ2) is 6.07. The number of nitrogens with zero attached hydrogens (tertiary/aromatic N) is 1. The molecule has 23 heavy (non-hydrogen) atoms. The van der Waals surface area contributed by atoms with E-state index in [1.54, 1.807) is 0 Å². The molecule has 1 aromatic carbocycles. The first-order chi connectivity index (χ1) is 11.3. The van der Waals surface area contributed by atoms with Crippen LogP contribution in [0.5, 0.6) is 5.75 Å². The molecule has 0 radical (unpaired) electrons. The molecule has 0 saturated heterocycles. The molecule has 1 aliphatic heterocycles. The highest BCUT2D eigenvalue weighted by atomic mass is 16.5. The number of fused-ring (bicyclic) bond motifs is 1. The van der Waals surface area contributed by atoms with Gasteiger partial charge in [0.25, 0.3) is 5.91 Å². The Morgan fingerprint density at radius 3 is 3.13 bits per heavy atom. The van der Waals surface area contributed by atoms with Crippen molar-refractivity contribution in [2.24, 2.45) is 5.92 Å². The number of hydrogen-bond acceptors (Lipinski definition) is 4. The molecule has 0 atom stereocenters. The largest absolute Gasteiger partial charge is 0.493 e. The summed E-state index contributed by atoms with van der Waals surface area (Å²) in [6.07, 6.45) is 6.57. The fourth-order valence-corrected chi connectivity index (χ4v) is 2.88. The monoisotopic (exact) mass is 312 g/mol. The molecule has 2 aromatic rings. The number of oxazole rings is 1. The Hall–Kier alpha value is -2.30. The van der Waals surface area contributed by atoms with Crippen LogP contribution in [0.1, 0.15) is 40.3 Å². The van der Waals surface area contributed by atoms with Crippen molar-refractivity contribution in [3.05, 3.63) is 47.2 Å². The minimum absolute atomic E-state index is 0.166. The van der Waals surface area contributed by atoms with Crippen LogP contribution in [-0.2, 0) is 19.3 Å². The first kappa shape index (κ1) is 14.3. The molecule has 2 heterocycles. The number of hydrogen-bond donors (Lipinski definition) is 1. The van der Waals surface area contributed by atoms with Crippen molar-refractivity contribution in [3.8, 4) is 5.75 Å². The molecule has 5 heteroatoms. The maximum Gasteiger partial charge on any atom is 0.273 e. The Morgan fingerprint density at radius 1 is 1.35 bits per heavy atom. The standard InChI is InChI=1S/C18H20N2O3/c21-18(15-11-23-17(20-15)10-12-1-2-12)19-7-5-13-3-4-16-14(9-13)6-8-22-16/h3-4,9,11-12H,1-2,5-8,10H2,(H,19,21). The maximum absolute atomic E-state index is 12.1. The fourth-order valence-electron chi connectivity index (χ4n) is 2.88. The predicted molar refractivity (Wildman–Crippen MR) is 84.6 cm³/mol. The Labute approximate surface area is 135 Å². The molecule has 0 spiro atoms. The third-order valence-corrected chi connectivity index (χ3v) is 4.40. The van der Waals surface area contributed by atoms with Gasteiger partial charge in [-0.3, -0.25) is 4.79 Å². The molecule has 2 aliphatic rings. The summed E-state index contributed by atoms with van der Waals surface area (Å²) in [6.45, 7) is 1.36. The molecule has 1 N–H and O–H groups in total. The van der Waals surface area contributed by atoms with Crippen molar-refractivity contribution in [1.29, 1.82) is 0 Å². The van der Waals surface area contributed by atoms with Crippen molar-refractivity contribution in [2.75, 3.05) is 13.2 Å². The second-order valence-corrected chi connectivity index (χ2v) is 6.32. The van der Waals surface area contributed by atoms with Gasteiger partial charge in [0.1, 0.15) is 12.0 Å². The normalized spacial score (nSPS) is 16.0. The summed E-state index contributed by atoms with van der Waals surface area (Å²) in [7, 11) is 0. The lowest BCUT2D eigenvalue weighted by atomic mass is 10.1. The molecule has 0 bridgehead atoms. The summed E-state index contributed by atoms with van der Waals surface area (Å²) >= 11 is 0. The van der Waals surface area contributed by atoms with Crippen molar-refractivity contribution in [3.63, 3.8) is 0 Å². The zero-order valence-corrected chi connectivity index (χ0v) is 13.0. The van der Waals surface area contributed by atoms with Gasteiger partial charge in [-0.15, -0.1) is 0 Å². The van der Waals surface area contributed by atoms with Gasteiger partial charge in [-0.2, -0.15) is 0 Å². The van der Waals surface area contributed by atoms with E-state index in [1.165, 1.54) is 30.2 Å². The van der Waals surface area contributed by atoms with Crippen molar-refractivity contribution in [2.45, 2.75) is 32.1 Å². The quantitative estimate of drug-likeness (QED) is 0.890. The van der Waals surface area contributed by atoms with Crippen LogP contribution in [0.25, 0.3) is 0 Å². The summed E-state index contributed by atoms with van der Waals surface area (Å²) in [6, 6.07) is 6.24. The third kappa shape index (κ3) is 3.38. The number of benzene rings is 1. The molecule has 4 rings (SSSR count). The predicted octanol–water partition coefficient (Wildman–Crippen LogP) is 2.53. The third-order valence-electron chi connectivity index (χ3n) is 4.40. The molecule has 1 amide bonds. The van der Waals surface area contributed by atoms with E-state index in [-0.39, 0.29) is 5.91 Å². The van der Waals surface area contributed by atoms with Crippen LogP contribution in [0.4, 0.5) is 0 Å². The molecular formula is C18H20N2O3. The van der Waals surface area contributed by atoms with Gasteiger partial charge in [-0.25, -0.2) is 4.98 Å². The summed E-state index contributed by atoms with van der Waals surface area (Å²) in [5.41, 5.74) is 2.85. The summed E-state index contributed by atoms with van der Waals surface area (Å²) < 4.78 is 10.9. The van der Waals surface area contributed by atoms with Crippen LogP contribution in [0, 0.1) is 5.92 Å². The first-order valence-electron chi connectivity index (χ1n) is 8.25. The Morgan fingerprint density at radius 2 is 2.26 bits per heavy atom. The van der Waals surface area contributed by atoms with E-state index in [4.69, 9.17) is 9.15 Å². The van der Waals surface area contributed by atoms with Gasteiger partial charge in [0.15, 0.2) is 11.6 Å². The van der Waals surface area contributed by atoms with Gasteiger partial charge in [0, 0.05) is 19.4 Å². The van der Waals surface area contributed by atoms with E-state index in [9.17, 15) is 4.79 Å². The molecule has 120 valence electrons. The Bertz CT molecular complexity index is 719. The van der Waals surface area contributed by atoms with Crippen LogP contribution in [0.2, 0.25) is 0 Å². The van der Waals surface area contributed by atoms with E-state index in [0.717, 1.165) is 31.6 Å².